The zero-order chi connectivity index (χ0) is 32.7. The Balaban J connectivity index is 1.15. The number of nitrogens with zero attached hydrogens (tertiary/aromatic N) is 1. The van der Waals surface area contributed by atoms with Crippen LogP contribution in [0.15, 0.2) is 152 Å². The molecule has 10 rings (SSSR count). The van der Waals surface area contributed by atoms with Crippen molar-refractivity contribution >= 4 is 21.5 Å². The first-order valence-corrected chi connectivity index (χ1v) is 16.8. The zero-order valence-corrected chi connectivity index (χ0v) is 27.2. The van der Waals surface area contributed by atoms with Gasteiger partial charge >= 0.3 is 0 Å². The quantitative estimate of drug-likeness (QED) is 0.182. The second-order valence-corrected chi connectivity index (χ2v) is 13.5. The SMILES string of the molecule is CC1(C)c2ccccc2-c2c1ccc1c2Oc2c(cccc2-c2cc(-c3ccccc3)cc(-c3ccc4c(ccc5ccccc54)c3)n2)O1. The Morgan fingerprint density at radius 2 is 1.18 bits per heavy atom. The van der Waals surface area contributed by atoms with Crippen molar-refractivity contribution in [1.82, 2.24) is 4.98 Å². The predicted octanol–water partition coefficient (Wildman–Crippen LogP) is 12.6. The monoisotopic (exact) mass is 629 g/mol. The molecule has 0 N–H and O–H groups in total. The maximum Gasteiger partial charge on any atom is 0.179 e. The molecule has 8 aromatic rings. The molecule has 0 saturated carbocycles. The molecule has 0 amide bonds. The van der Waals surface area contributed by atoms with Crippen LogP contribution in [-0.2, 0) is 5.41 Å². The topological polar surface area (TPSA) is 31.4 Å². The summed E-state index contributed by atoms with van der Waals surface area (Å²) in [7, 11) is 0. The maximum absolute atomic E-state index is 6.98. The summed E-state index contributed by atoms with van der Waals surface area (Å²) in [4.78, 5) is 5.33. The van der Waals surface area contributed by atoms with Gasteiger partial charge in [-0.1, -0.05) is 129 Å². The van der Waals surface area contributed by atoms with Crippen molar-refractivity contribution < 1.29 is 9.47 Å². The smallest absolute Gasteiger partial charge is 0.179 e. The van der Waals surface area contributed by atoms with E-state index < -0.39 is 0 Å². The number of rotatable bonds is 3. The molecule has 1 aromatic heterocycles. The van der Waals surface area contributed by atoms with Crippen molar-refractivity contribution in [2.45, 2.75) is 19.3 Å². The molecular formula is C46H31NO2. The van der Waals surface area contributed by atoms with E-state index in [1.807, 2.05) is 24.3 Å². The molecule has 3 nitrogen and oxygen atoms in total. The van der Waals surface area contributed by atoms with Gasteiger partial charge in [-0.05, 0) is 85.8 Å². The van der Waals surface area contributed by atoms with Crippen LogP contribution in [0.5, 0.6) is 23.0 Å². The van der Waals surface area contributed by atoms with Crippen molar-refractivity contribution in [2.24, 2.45) is 0 Å². The van der Waals surface area contributed by atoms with Gasteiger partial charge < -0.3 is 9.47 Å². The van der Waals surface area contributed by atoms with Crippen LogP contribution >= 0.6 is 0 Å². The van der Waals surface area contributed by atoms with Crippen molar-refractivity contribution in [3.05, 3.63) is 163 Å². The number of hydrogen-bond donors (Lipinski definition) is 0. The van der Waals surface area contributed by atoms with E-state index >= 15 is 0 Å². The highest BCUT2D eigenvalue weighted by Crippen LogP contribution is 2.59. The maximum atomic E-state index is 6.98. The molecule has 0 unspecified atom stereocenters. The predicted molar refractivity (Wildman–Crippen MR) is 200 cm³/mol. The van der Waals surface area contributed by atoms with Crippen LogP contribution in [-0.4, -0.2) is 4.98 Å². The first kappa shape index (κ1) is 27.9. The Hall–Kier alpha value is -6.19. The second kappa shape index (κ2) is 10.4. The summed E-state index contributed by atoms with van der Waals surface area (Å²) in [5, 5.41) is 4.92. The fraction of sp³-hybridized carbons (Fsp3) is 0.0652. The van der Waals surface area contributed by atoms with Crippen LogP contribution < -0.4 is 9.47 Å². The minimum Gasteiger partial charge on any atom is -0.449 e. The Bertz CT molecular complexity index is 2640. The standard InChI is InChI=1S/C46H31NO2/c1-46(2)37-17-9-8-15-35(37)43-38(46)23-24-42-45(43)49-44-36(16-10-18-41(44)48-42)40-27-32(28-11-4-3-5-12-28)26-39(47-40)31-21-22-34-30(25-31)20-19-29-13-6-7-14-33(29)34/h3-27H,1-2H3. The lowest BCUT2D eigenvalue weighted by Crippen LogP contribution is -2.15. The van der Waals surface area contributed by atoms with Gasteiger partial charge in [0.1, 0.15) is 0 Å². The molecule has 0 saturated heterocycles. The summed E-state index contributed by atoms with van der Waals surface area (Å²) in [6.45, 7) is 4.56. The lowest BCUT2D eigenvalue weighted by atomic mass is 9.82. The molecule has 2 heterocycles. The van der Waals surface area contributed by atoms with Crippen LogP contribution in [0, 0.1) is 0 Å². The van der Waals surface area contributed by atoms with Gasteiger partial charge in [-0.3, -0.25) is 0 Å². The van der Waals surface area contributed by atoms with E-state index in [0.717, 1.165) is 50.7 Å². The third kappa shape index (κ3) is 4.25. The molecule has 3 heteroatoms. The van der Waals surface area contributed by atoms with Gasteiger partial charge in [0.2, 0.25) is 0 Å². The van der Waals surface area contributed by atoms with Crippen LogP contribution in [0.4, 0.5) is 0 Å². The number of aromatic nitrogens is 1. The third-order valence-corrected chi connectivity index (χ3v) is 10.3. The van der Waals surface area contributed by atoms with Gasteiger partial charge in [-0.25, -0.2) is 4.98 Å². The van der Waals surface area contributed by atoms with Crippen LogP contribution in [0.3, 0.4) is 0 Å². The lowest BCUT2D eigenvalue weighted by Gasteiger charge is -2.26. The van der Waals surface area contributed by atoms with E-state index in [-0.39, 0.29) is 5.41 Å². The Morgan fingerprint density at radius 3 is 2.10 bits per heavy atom. The van der Waals surface area contributed by atoms with E-state index in [9.17, 15) is 0 Å². The largest absolute Gasteiger partial charge is 0.449 e. The van der Waals surface area contributed by atoms with Crippen LogP contribution in [0.2, 0.25) is 0 Å². The summed E-state index contributed by atoms with van der Waals surface area (Å²) in [5.41, 5.74) is 10.6. The van der Waals surface area contributed by atoms with Crippen molar-refractivity contribution in [1.29, 1.82) is 0 Å². The van der Waals surface area contributed by atoms with E-state index in [1.54, 1.807) is 0 Å². The Morgan fingerprint density at radius 1 is 0.449 bits per heavy atom. The van der Waals surface area contributed by atoms with Gasteiger partial charge in [-0.15, -0.1) is 0 Å². The molecule has 2 aliphatic rings. The lowest BCUT2D eigenvalue weighted by molar-refractivity contribution is 0.361. The van der Waals surface area contributed by atoms with Gasteiger partial charge in [0.05, 0.1) is 11.4 Å². The molecule has 0 bridgehead atoms. The van der Waals surface area contributed by atoms with Gasteiger partial charge in [0, 0.05) is 22.1 Å². The second-order valence-electron chi connectivity index (χ2n) is 13.5. The normalized spacial score (nSPS) is 13.6. The molecule has 0 atom stereocenters. The fourth-order valence-corrected chi connectivity index (χ4v) is 7.83. The zero-order valence-electron chi connectivity index (χ0n) is 27.2. The average Bonchev–Trinajstić information content (AvgIpc) is 3.39. The van der Waals surface area contributed by atoms with E-state index in [4.69, 9.17) is 14.5 Å². The minimum atomic E-state index is -0.142. The summed E-state index contributed by atoms with van der Waals surface area (Å²) in [5.74, 6) is 2.85. The molecule has 1 aliphatic carbocycles. The summed E-state index contributed by atoms with van der Waals surface area (Å²) in [6, 6.07) is 53.4. The molecule has 232 valence electrons. The van der Waals surface area contributed by atoms with Crippen molar-refractivity contribution in [3.63, 3.8) is 0 Å². The number of para-hydroxylation sites is 1. The molecule has 1 aliphatic heterocycles. The first-order chi connectivity index (χ1) is 24.0. The fourth-order valence-electron chi connectivity index (χ4n) is 7.83. The summed E-state index contributed by atoms with van der Waals surface area (Å²) >= 11 is 0. The van der Waals surface area contributed by atoms with Gasteiger partial charge in [0.25, 0.3) is 0 Å². The van der Waals surface area contributed by atoms with E-state index in [2.05, 4.69) is 141 Å². The highest BCUT2D eigenvalue weighted by molar-refractivity contribution is 6.08. The Kier molecular flexibility index (Phi) is 5.92. The van der Waals surface area contributed by atoms with Crippen LogP contribution in [0.1, 0.15) is 25.0 Å². The average molecular weight is 630 g/mol. The minimum absolute atomic E-state index is 0.142. The number of pyridine rings is 1. The number of ether oxygens (including phenoxy) is 2. The van der Waals surface area contributed by atoms with Crippen molar-refractivity contribution in [3.8, 4) is 67.8 Å². The highest BCUT2D eigenvalue weighted by Gasteiger charge is 2.39. The van der Waals surface area contributed by atoms with Crippen molar-refractivity contribution in [2.75, 3.05) is 0 Å². The molecule has 49 heavy (non-hydrogen) atoms. The number of benzene rings is 7. The number of hydrogen-bond acceptors (Lipinski definition) is 3. The summed E-state index contributed by atoms with van der Waals surface area (Å²) in [6.07, 6.45) is 0. The van der Waals surface area contributed by atoms with Crippen LogP contribution in [0.25, 0.3) is 66.3 Å². The molecule has 7 aromatic carbocycles. The molecular weight excluding hydrogens is 599 g/mol. The Labute approximate surface area is 285 Å². The highest BCUT2D eigenvalue weighted by atomic mass is 16.6. The third-order valence-electron chi connectivity index (χ3n) is 10.3. The van der Waals surface area contributed by atoms with Gasteiger partial charge in [-0.2, -0.15) is 0 Å². The summed E-state index contributed by atoms with van der Waals surface area (Å²) < 4.78 is 13.6. The molecule has 0 spiro atoms. The van der Waals surface area contributed by atoms with E-state index in [1.165, 1.54) is 38.2 Å². The number of fused-ring (bicyclic) bond motifs is 9. The molecule has 0 fully saturated rings. The first-order valence-electron chi connectivity index (χ1n) is 16.8. The van der Waals surface area contributed by atoms with E-state index in [0.29, 0.717) is 11.5 Å². The van der Waals surface area contributed by atoms with Gasteiger partial charge in [0.15, 0.2) is 23.0 Å². The molecule has 0 radical (unpaired) electrons.